The molecule has 0 saturated carbocycles. The fraction of sp³-hybridized carbons (Fsp3) is 0.750. The van der Waals surface area contributed by atoms with Gasteiger partial charge in [0, 0.05) is 26.7 Å². The lowest BCUT2D eigenvalue weighted by Crippen LogP contribution is -2.26. The molecule has 0 radical (unpaired) electrons. The third-order valence-corrected chi connectivity index (χ3v) is 5.13. The average molecular weight is 299 g/mol. The summed E-state index contributed by atoms with van der Waals surface area (Å²) in [6, 6.07) is 0. The van der Waals surface area contributed by atoms with E-state index in [9.17, 15) is 0 Å². The fourth-order valence-electron chi connectivity index (χ4n) is 3.15. The van der Waals surface area contributed by atoms with Gasteiger partial charge in [0.05, 0.1) is 15.9 Å². The quantitative estimate of drug-likeness (QED) is 0.889. The zero-order valence-corrected chi connectivity index (χ0v) is 12.0. The van der Waals surface area contributed by atoms with Gasteiger partial charge in [0.15, 0.2) is 0 Å². The first-order valence-electron chi connectivity index (χ1n) is 6.26. The Morgan fingerprint density at radius 2 is 2.00 bits per heavy atom. The molecule has 17 heavy (non-hydrogen) atoms. The standard InChI is InChI=1S/C12H19BrN4/c1-8-12(13)11(16(2)15-8)7-17-5-9-3-14-4-10(9)6-17/h9-10,14H,3-7H2,1-2H3. The molecule has 1 N–H and O–H groups in total. The molecule has 94 valence electrons. The predicted octanol–water partition coefficient (Wildman–Crippen LogP) is 1.14. The molecule has 2 unspecified atom stereocenters. The second-order valence-electron chi connectivity index (χ2n) is 5.34. The molecule has 2 saturated heterocycles. The number of rotatable bonds is 2. The Morgan fingerprint density at radius 1 is 1.35 bits per heavy atom. The minimum absolute atomic E-state index is 0.864. The summed E-state index contributed by atoms with van der Waals surface area (Å²) in [5.74, 6) is 1.73. The molecular formula is C12H19BrN4. The summed E-state index contributed by atoms with van der Waals surface area (Å²) >= 11 is 3.65. The monoisotopic (exact) mass is 298 g/mol. The Balaban J connectivity index is 1.71. The molecule has 2 aliphatic heterocycles. The van der Waals surface area contributed by atoms with Crippen molar-refractivity contribution < 1.29 is 0 Å². The van der Waals surface area contributed by atoms with Crippen molar-refractivity contribution in [3.8, 4) is 0 Å². The van der Waals surface area contributed by atoms with E-state index in [1.807, 2.05) is 11.7 Å². The number of hydrogen-bond acceptors (Lipinski definition) is 3. The highest BCUT2D eigenvalue weighted by atomic mass is 79.9. The van der Waals surface area contributed by atoms with Crippen molar-refractivity contribution in [3.63, 3.8) is 0 Å². The lowest BCUT2D eigenvalue weighted by molar-refractivity contribution is 0.296. The molecule has 3 heterocycles. The summed E-state index contributed by atoms with van der Waals surface area (Å²) in [6.45, 7) is 7.93. The molecule has 0 aliphatic carbocycles. The van der Waals surface area contributed by atoms with Gasteiger partial charge in [0.1, 0.15) is 0 Å². The summed E-state index contributed by atoms with van der Waals surface area (Å²) < 4.78 is 3.18. The summed E-state index contributed by atoms with van der Waals surface area (Å²) in [5, 5.41) is 7.94. The molecule has 0 amide bonds. The minimum atomic E-state index is 0.864. The summed E-state index contributed by atoms with van der Waals surface area (Å²) in [6.07, 6.45) is 0. The van der Waals surface area contributed by atoms with E-state index in [4.69, 9.17) is 0 Å². The Morgan fingerprint density at radius 3 is 2.53 bits per heavy atom. The SMILES string of the molecule is Cc1nn(C)c(CN2CC3CNCC3C2)c1Br. The maximum atomic E-state index is 4.46. The number of likely N-dealkylation sites (tertiary alicyclic amines) is 1. The largest absolute Gasteiger partial charge is 0.316 e. The number of nitrogens with one attached hydrogen (secondary N) is 1. The third-order valence-electron chi connectivity index (χ3n) is 4.10. The summed E-state index contributed by atoms with van der Waals surface area (Å²) in [7, 11) is 2.03. The van der Waals surface area contributed by atoms with Crippen molar-refractivity contribution in [2.75, 3.05) is 26.2 Å². The normalized spacial score (nSPS) is 28.9. The Kier molecular flexibility index (Phi) is 3.00. The van der Waals surface area contributed by atoms with E-state index >= 15 is 0 Å². The maximum Gasteiger partial charge on any atom is 0.0739 e. The first-order valence-corrected chi connectivity index (χ1v) is 7.05. The van der Waals surface area contributed by atoms with E-state index in [1.54, 1.807) is 0 Å². The van der Waals surface area contributed by atoms with Crippen LogP contribution in [0.2, 0.25) is 0 Å². The number of aryl methyl sites for hydroxylation is 2. The van der Waals surface area contributed by atoms with Crippen molar-refractivity contribution in [2.24, 2.45) is 18.9 Å². The van der Waals surface area contributed by atoms with Crippen LogP contribution in [0, 0.1) is 18.8 Å². The van der Waals surface area contributed by atoms with Crippen LogP contribution in [0.15, 0.2) is 4.47 Å². The second kappa shape index (κ2) is 4.37. The molecule has 1 aromatic heterocycles. The third kappa shape index (κ3) is 2.04. The van der Waals surface area contributed by atoms with E-state index in [2.05, 4.69) is 38.2 Å². The zero-order valence-electron chi connectivity index (χ0n) is 10.4. The molecule has 0 aromatic carbocycles. The Labute approximate surface area is 110 Å². The molecule has 2 fully saturated rings. The van der Waals surface area contributed by atoms with Gasteiger partial charge in [-0.05, 0) is 47.8 Å². The minimum Gasteiger partial charge on any atom is -0.316 e. The van der Waals surface area contributed by atoms with Gasteiger partial charge >= 0.3 is 0 Å². The van der Waals surface area contributed by atoms with Crippen LogP contribution < -0.4 is 5.32 Å². The molecule has 3 rings (SSSR count). The molecule has 2 atom stereocenters. The van der Waals surface area contributed by atoms with Crippen molar-refractivity contribution >= 4 is 15.9 Å². The van der Waals surface area contributed by atoms with Crippen LogP contribution in [0.25, 0.3) is 0 Å². The summed E-state index contributed by atoms with van der Waals surface area (Å²) in [4.78, 5) is 2.57. The lowest BCUT2D eigenvalue weighted by Gasteiger charge is -2.17. The lowest BCUT2D eigenvalue weighted by atomic mass is 10.0. The van der Waals surface area contributed by atoms with Gasteiger partial charge in [-0.1, -0.05) is 0 Å². The molecule has 2 aliphatic rings. The summed E-state index contributed by atoms with van der Waals surface area (Å²) in [5.41, 5.74) is 2.39. The van der Waals surface area contributed by atoms with Crippen molar-refractivity contribution in [1.29, 1.82) is 0 Å². The van der Waals surface area contributed by atoms with Crippen LogP contribution in [0.4, 0.5) is 0 Å². The van der Waals surface area contributed by atoms with Gasteiger partial charge in [-0.15, -0.1) is 0 Å². The molecule has 0 bridgehead atoms. The van der Waals surface area contributed by atoms with Crippen molar-refractivity contribution in [1.82, 2.24) is 20.0 Å². The van der Waals surface area contributed by atoms with Gasteiger partial charge in [-0.25, -0.2) is 0 Å². The zero-order chi connectivity index (χ0) is 12.0. The highest BCUT2D eigenvalue weighted by Gasteiger charge is 2.36. The molecule has 4 nitrogen and oxygen atoms in total. The topological polar surface area (TPSA) is 33.1 Å². The van der Waals surface area contributed by atoms with Gasteiger partial charge < -0.3 is 5.32 Å². The number of fused-ring (bicyclic) bond motifs is 1. The highest BCUT2D eigenvalue weighted by molar-refractivity contribution is 9.10. The van der Waals surface area contributed by atoms with Crippen LogP contribution in [0.3, 0.4) is 0 Å². The van der Waals surface area contributed by atoms with Crippen molar-refractivity contribution in [3.05, 3.63) is 15.9 Å². The molecule has 0 spiro atoms. The Hall–Kier alpha value is -0.390. The second-order valence-corrected chi connectivity index (χ2v) is 6.14. The molecular weight excluding hydrogens is 280 g/mol. The van der Waals surface area contributed by atoms with E-state index < -0.39 is 0 Å². The van der Waals surface area contributed by atoms with E-state index in [0.29, 0.717) is 0 Å². The van der Waals surface area contributed by atoms with Gasteiger partial charge in [0.2, 0.25) is 0 Å². The van der Waals surface area contributed by atoms with Crippen LogP contribution in [0.5, 0.6) is 0 Å². The predicted molar refractivity (Wildman–Crippen MR) is 70.8 cm³/mol. The molecule has 5 heteroatoms. The van der Waals surface area contributed by atoms with Crippen LogP contribution >= 0.6 is 15.9 Å². The van der Waals surface area contributed by atoms with Crippen LogP contribution in [-0.4, -0.2) is 40.9 Å². The average Bonchev–Trinajstić information content (AvgIpc) is 2.89. The van der Waals surface area contributed by atoms with E-state index in [1.165, 1.54) is 36.3 Å². The number of hydrogen-bond donors (Lipinski definition) is 1. The number of nitrogens with zero attached hydrogens (tertiary/aromatic N) is 3. The van der Waals surface area contributed by atoms with Gasteiger partial charge in [0.25, 0.3) is 0 Å². The Bertz CT molecular complexity index is 416. The van der Waals surface area contributed by atoms with Crippen LogP contribution in [0.1, 0.15) is 11.4 Å². The van der Waals surface area contributed by atoms with Crippen molar-refractivity contribution in [2.45, 2.75) is 13.5 Å². The maximum absolute atomic E-state index is 4.46. The van der Waals surface area contributed by atoms with Gasteiger partial charge in [-0.2, -0.15) is 5.10 Å². The highest BCUT2D eigenvalue weighted by Crippen LogP contribution is 2.29. The van der Waals surface area contributed by atoms with E-state index in [-0.39, 0.29) is 0 Å². The molecule has 1 aromatic rings. The first-order chi connectivity index (χ1) is 8.15. The van der Waals surface area contributed by atoms with E-state index in [0.717, 1.165) is 24.1 Å². The number of halogens is 1. The smallest absolute Gasteiger partial charge is 0.0739 e. The first kappa shape index (κ1) is 11.7. The fourth-order valence-corrected chi connectivity index (χ4v) is 3.61. The van der Waals surface area contributed by atoms with Gasteiger partial charge in [-0.3, -0.25) is 9.58 Å². The number of aromatic nitrogens is 2. The van der Waals surface area contributed by atoms with Crippen LogP contribution in [-0.2, 0) is 13.6 Å².